The van der Waals surface area contributed by atoms with Gasteiger partial charge in [-0.2, -0.15) is 0 Å². The van der Waals surface area contributed by atoms with Gasteiger partial charge in [-0.3, -0.25) is 0 Å². The minimum atomic E-state index is 0.602. The summed E-state index contributed by atoms with van der Waals surface area (Å²) >= 11 is 3.55. The SMILES string of the molecule is Cc1cccc(Br)c1C(C)C. The molecule has 0 aliphatic rings. The predicted molar refractivity (Wildman–Crippen MR) is 53.0 cm³/mol. The Labute approximate surface area is 76.8 Å². The highest BCUT2D eigenvalue weighted by Gasteiger charge is 2.05. The maximum atomic E-state index is 3.55. The molecule has 0 atom stereocenters. The third-order valence-corrected chi connectivity index (χ3v) is 2.54. The maximum Gasteiger partial charge on any atom is 0.0212 e. The smallest absolute Gasteiger partial charge is 0.0212 e. The van der Waals surface area contributed by atoms with Gasteiger partial charge in [-0.15, -0.1) is 0 Å². The Morgan fingerprint density at radius 1 is 1.27 bits per heavy atom. The van der Waals surface area contributed by atoms with Crippen molar-refractivity contribution in [1.29, 1.82) is 0 Å². The fourth-order valence-corrected chi connectivity index (χ4v) is 2.30. The number of halogens is 1. The Kier molecular flexibility index (Phi) is 2.72. The van der Waals surface area contributed by atoms with E-state index in [-0.39, 0.29) is 0 Å². The first-order valence-electron chi connectivity index (χ1n) is 3.88. The average molecular weight is 213 g/mol. The molecule has 0 spiro atoms. The summed E-state index contributed by atoms with van der Waals surface area (Å²) in [5, 5.41) is 0. The lowest BCUT2D eigenvalue weighted by atomic mass is 9.98. The van der Waals surface area contributed by atoms with Crippen LogP contribution in [0.3, 0.4) is 0 Å². The molecule has 0 saturated carbocycles. The van der Waals surface area contributed by atoms with Crippen molar-refractivity contribution in [2.24, 2.45) is 0 Å². The van der Waals surface area contributed by atoms with E-state index in [1.807, 2.05) is 0 Å². The first-order valence-corrected chi connectivity index (χ1v) is 4.67. The van der Waals surface area contributed by atoms with Crippen molar-refractivity contribution in [3.63, 3.8) is 0 Å². The van der Waals surface area contributed by atoms with Crippen LogP contribution < -0.4 is 0 Å². The van der Waals surface area contributed by atoms with Gasteiger partial charge in [0.2, 0.25) is 0 Å². The predicted octanol–water partition coefficient (Wildman–Crippen LogP) is 3.88. The molecule has 11 heavy (non-hydrogen) atoms. The molecule has 0 heterocycles. The van der Waals surface area contributed by atoms with Gasteiger partial charge in [-0.25, -0.2) is 0 Å². The molecule has 1 aromatic carbocycles. The molecule has 0 N–H and O–H groups in total. The van der Waals surface area contributed by atoms with Gasteiger partial charge in [-0.05, 0) is 30.0 Å². The van der Waals surface area contributed by atoms with Crippen molar-refractivity contribution in [2.45, 2.75) is 26.7 Å². The van der Waals surface area contributed by atoms with Crippen LogP contribution in [-0.2, 0) is 0 Å². The summed E-state index contributed by atoms with van der Waals surface area (Å²) in [5.74, 6) is 0.602. The fraction of sp³-hybridized carbons (Fsp3) is 0.400. The second kappa shape index (κ2) is 3.40. The Morgan fingerprint density at radius 3 is 2.27 bits per heavy atom. The second-order valence-corrected chi connectivity index (χ2v) is 3.98. The molecule has 60 valence electrons. The molecule has 0 aliphatic heterocycles. The van der Waals surface area contributed by atoms with E-state index in [0.717, 1.165) is 0 Å². The monoisotopic (exact) mass is 212 g/mol. The van der Waals surface area contributed by atoms with Gasteiger partial charge in [-0.1, -0.05) is 41.9 Å². The summed E-state index contributed by atoms with van der Waals surface area (Å²) in [6, 6.07) is 6.33. The third kappa shape index (κ3) is 1.84. The maximum absolute atomic E-state index is 3.55. The average Bonchev–Trinajstić information content (AvgIpc) is 1.85. The summed E-state index contributed by atoms with van der Waals surface area (Å²) in [6.07, 6.45) is 0. The highest BCUT2D eigenvalue weighted by atomic mass is 79.9. The van der Waals surface area contributed by atoms with Crippen LogP contribution in [0.4, 0.5) is 0 Å². The quantitative estimate of drug-likeness (QED) is 0.664. The minimum absolute atomic E-state index is 0.602. The highest BCUT2D eigenvalue weighted by Crippen LogP contribution is 2.27. The molecule has 0 aromatic heterocycles. The third-order valence-electron chi connectivity index (χ3n) is 1.85. The van der Waals surface area contributed by atoms with Crippen LogP contribution in [0.15, 0.2) is 22.7 Å². The number of aryl methyl sites for hydroxylation is 1. The van der Waals surface area contributed by atoms with Gasteiger partial charge in [0.1, 0.15) is 0 Å². The topological polar surface area (TPSA) is 0 Å². The summed E-state index contributed by atoms with van der Waals surface area (Å²) in [6.45, 7) is 6.58. The molecule has 1 aromatic rings. The molecule has 1 heteroatoms. The normalized spacial score (nSPS) is 10.6. The van der Waals surface area contributed by atoms with Gasteiger partial charge in [0.25, 0.3) is 0 Å². The zero-order valence-corrected chi connectivity index (χ0v) is 8.77. The molecule has 0 unspecified atom stereocenters. The highest BCUT2D eigenvalue weighted by molar-refractivity contribution is 9.10. The van der Waals surface area contributed by atoms with E-state index in [1.54, 1.807) is 0 Å². The Hall–Kier alpha value is -0.300. The zero-order chi connectivity index (χ0) is 8.43. The summed E-state index contributed by atoms with van der Waals surface area (Å²) in [7, 11) is 0. The van der Waals surface area contributed by atoms with E-state index in [4.69, 9.17) is 0 Å². The van der Waals surface area contributed by atoms with Crippen LogP contribution >= 0.6 is 15.9 Å². The van der Waals surface area contributed by atoms with Crippen molar-refractivity contribution in [3.05, 3.63) is 33.8 Å². The van der Waals surface area contributed by atoms with Gasteiger partial charge >= 0.3 is 0 Å². The van der Waals surface area contributed by atoms with Crippen molar-refractivity contribution in [2.75, 3.05) is 0 Å². The molecule has 0 radical (unpaired) electrons. The van der Waals surface area contributed by atoms with Crippen molar-refractivity contribution >= 4 is 15.9 Å². The number of hydrogen-bond donors (Lipinski definition) is 0. The Morgan fingerprint density at radius 2 is 1.91 bits per heavy atom. The van der Waals surface area contributed by atoms with Crippen LogP contribution in [-0.4, -0.2) is 0 Å². The van der Waals surface area contributed by atoms with E-state index >= 15 is 0 Å². The second-order valence-electron chi connectivity index (χ2n) is 3.13. The molecule has 0 bridgehead atoms. The van der Waals surface area contributed by atoms with Gasteiger partial charge in [0.15, 0.2) is 0 Å². The fourth-order valence-electron chi connectivity index (χ4n) is 1.38. The Bertz CT molecular complexity index is 231. The van der Waals surface area contributed by atoms with E-state index in [0.29, 0.717) is 5.92 Å². The van der Waals surface area contributed by atoms with Crippen molar-refractivity contribution in [1.82, 2.24) is 0 Å². The summed E-state index contributed by atoms with van der Waals surface area (Å²) in [4.78, 5) is 0. The van der Waals surface area contributed by atoms with Crippen LogP contribution in [0, 0.1) is 6.92 Å². The first-order chi connectivity index (χ1) is 5.13. The Balaban J connectivity index is 3.21. The summed E-state index contributed by atoms with van der Waals surface area (Å²) < 4.78 is 1.23. The van der Waals surface area contributed by atoms with Crippen LogP contribution in [0.5, 0.6) is 0 Å². The molecular weight excluding hydrogens is 200 g/mol. The molecule has 0 fully saturated rings. The molecular formula is C10H13Br. The summed E-state index contributed by atoms with van der Waals surface area (Å²) in [5.41, 5.74) is 2.79. The van der Waals surface area contributed by atoms with E-state index in [2.05, 4.69) is 54.9 Å². The van der Waals surface area contributed by atoms with E-state index in [9.17, 15) is 0 Å². The number of benzene rings is 1. The lowest BCUT2D eigenvalue weighted by Crippen LogP contribution is -1.92. The largest absolute Gasteiger partial charge is 0.0609 e. The standard InChI is InChI=1S/C10H13Br/c1-7(2)10-8(3)5-4-6-9(10)11/h4-7H,1-3H3. The number of rotatable bonds is 1. The van der Waals surface area contributed by atoms with Crippen molar-refractivity contribution in [3.8, 4) is 0 Å². The molecule has 0 saturated heterocycles. The number of hydrogen-bond acceptors (Lipinski definition) is 0. The van der Waals surface area contributed by atoms with E-state index < -0.39 is 0 Å². The lowest BCUT2D eigenvalue weighted by Gasteiger charge is -2.11. The van der Waals surface area contributed by atoms with Crippen LogP contribution in [0.1, 0.15) is 30.9 Å². The molecule has 0 amide bonds. The molecule has 0 aliphatic carbocycles. The minimum Gasteiger partial charge on any atom is -0.0609 e. The lowest BCUT2D eigenvalue weighted by molar-refractivity contribution is 0.850. The van der Waals surface area contributed by atoms with Crippen molar-refractivity contribution < 1.29 is 0 Å². The van der Waals surface area contributed by atoms with Crippen LogP contribution in [0.25, 0.3) is 0 Å². The molecule has 0 nitrogen and oxygen atoms in total. The van der Waals surface area contributed by atoms with E-state index in [1.165, 1.54) is 15.6 Å². The molecule has 1 rings (SSSR count). The zero-order valence-electron chi connectivity index (χ0n) is 7.19. The van der Waals surface area contributed by atoms with Gasteiger partial charge < -0.3 is 0 Å². The first kappa shape index (κ1) is 8.79. The van der Waals surface area contributed by atoms with Gasteiger partial charge in [0, 0.05) is 4.47 Å². The van der Waals surface area contributed by atoms with Crippen LogP contribution in [0.2, 0.25) is 0 Å². The van der Waals surface area contributed by atoms with Gasteiger partial charge in [0.05, 0.1) is 0 Å².